The van der Waals surface area contributed by atoms with Crippen LogP contribution >= 0.6 is 0 Å². The van der Waals surface area contributed by atoms with Gasteiger partial charge in [0, 0.05) is 19.2 Å². The topological polar surface area (TPSA) is 62.2 Å². The van der Waals surface area contributed by atoms with Crippen molar-refractivity contribution in [3.63, 3.8) is 0 Å². The maximum Gasteiger partial charge on any atom is 0.271 e. The molecule has 1 heterocycles. The van der Waals surface area contributed by atoms with Crippen molar-refractivity contribution >= 4 is 5.91 Å². The first-order chi connectivity index (χ1) is 9.81. The molecule has 0 atom stereocenters. The number of rotatable bonds is 4. The lowest BCUT2D eigenvalue weighted by atomic mass is 10.1. The summed E-state index contributed by atoms with van der Waals surface area (Å²) in [6, 6.07) is 3.54. The molecule has 1 fully saturated rings. The van der Waals surface area contributed by atoms with Gasteiger partial charge in [-0.25, -0.2) is 4.98 Å². The van der Waals surface area contributed by atoms with Crippen molar-refractivity contribution < 1.29 is 9.90 Å². The van der Waals surface area contributed by atoms with Crippen molar-refractivity contribution in [3.05, 3.63) is 29.6 Å². The van der Waals surface area contributed by atoms with Crippen molar-refractivity contribution in [2.75, 3.05) is 13.2 Å². The summed E-state index contributed by atoms with van der Waals surface area (Å²) in [5, 5.41) is 11.7. The fourth-order valence-corrected chi connectivity index (χ4v) is 2.44. The third kappa shape index (κ3) is 4.07. The number of pyridine rings is 1. The molecule has 20 heavy (non-hydrogen) atoms. The van der Waals surface area contributed by atoms with Gasteiger partial charge in [-0.15, -0.1) is 0 Å². The molecule has 0 saturated heterocycles. The van der Waals surface area contributed by atoms with Crippen LogP contribution in [0, 0.1) is 17.8 Å². The van der Waals surface area contributed by atoms with E-state index in [-0.39, 0.29) is 12.5 Å². The Morgan fingerprint density at radius 1 is 1.45 bits per heavy atom. The van der Waals surface area contributed by atoms with Gasteiger partial charge < -0.3 is 10.4 Å². The van der Waals surface area contributed by atoms with E-state index in [0.717, 1.165) is 6.54 Å². The van der Waals surface area contributed by atoms with Gasteiger partial charge in [0.25, 0.3) is 5.91 Å². The fourth-order valence-electron chi connectivity index (χ4n) is 2.44. The Labute approximate surface area is 119 Å². The van der Waals surface area contributed by atoms with E-state index < -0.39 is 0 Å². The molecule has 1 aromatic rings. The Bertz CT molecular complexity index is 511. The van der Waals surface area contributed by atoms with E-state index in [1.807, 2.05) is 0 Å². The lowest BCUT2D eigenvalue weighted by Gasteiger charge is -2.10. The van der Waals surface area contributed by atoms with Crippen molar-refractivity contribution in [1.82, 2.24) is 10.3 Å². The van der Waals surface area contributed by atoms with Gasteiger partial charge in [0.05, 0.1) is 12.2 Å². The molecule has 1 saturated carbocycles. The Kier molecular flexibility index (Phi) is 5.57. The standard InChI is InChI=1S/C16H20N2O2/c19-11-4-3-8-14-9-5-10-17-15(14)16(20)18-12-13-6-1-2-7-13/h5,9-10,13,19H,1-2,4,6-7,11-12H2,(H,18,20). The first-order valence-electron chi connectivity index (χ1n) is 7.14. The minimum absolute atomic E-state index is 0.0243. The van der Waals surface area contributed by atoms with E-state index in [1.165, 1.54) is 25.7 Å². The van der Waals surface area contributed by atoms with E-state index >= 15 is 0 Å². The zero-order valence-corrected chi connectivity index (χ0v) is 11.6. The first-order valence-corrected chi connectivity index (χ1v) is 7.14. The van der Waals surface area contributed by atoms with E-state index in [1.54, 1.807) is 18.3 Å². The van der Waals surface area contributed by atoms with Crippen molar-refractivity contribution in [2.24, 2.45) is 5.92 Å². The smallest absolute Gasteiger partial charge is 0.271 e. The van der Waals surface area contributed by atoms with Crippen LogP contribution in [0.25, 0.3) is 0 Å². The van der Waals surface area contributed by atoms with Crippen LogP contribution in [0.3, 0.4) is 0 Å². The van der Waals surface area contributed by atoms with E-state index in [9.17, 15) is 4.79 Å². The highest BCUT2D eigenvalue weighted by Gasteiger charge is 2.17. The van der Waals surface area contributed by atoms with Gasteiger partial charge in [0.1, 0.15) is 5.69 Å². The zero-order chi connectivity index (χ0) is 14.2. The second-order valence-corrected chi connectivity index (χ2v) is 5.04. The SMILES string of the molecule is O=C(NCC1CCCC1)c1ncccc1C#CCCO. The van der Waals surface area contributed by atoms with Gasteiger partial charge in [-0.1, -0.05) is 24.7 Å². The molecule has 0 radical (unpaired) electrons. The van der Waals surface area contributed by atoms with Gasteiger partial charge in [-0.2, -0.15) is 0 Å². The molecule has 1 amide bonds. The lowest BCUT2D eigenvalue weighted by Crippen LogP contribution is -2.29. The number of aliphatic hydroxyl groups excluding tert-OH is 1. The first kappa shape index (κ1) is 14.5. The van der Waals surface area contributed by atoms with Crippen LogP contribution in [-0.4, -0.2) is 29.1 Å². The van der Waals surface area contributed by atoms with Crippen molar-refractivity contribution in [1.29, 1.82) is 0 Å². The molecule has 0 unspecified atom stereocenters. The highest BCUT2D eigenvalue weighted by Crippen LogP contribution is 2.23. The zero-order valence-electron chi connectivity index (χ0n) is 11.6. The molecule has 1 aliphatic carbocycles. The van der Waals surface area contributed by atoms with Crippen LogP contribution in [0.4, 0.5) is 0 Å². The molecule has 1 aliphatic rings. The molecule has 0 aliphatic heterocycles. The summed E-state index contributed by atoms with van der Waals surface area (Å²) < 4.78 is 0. The highest BCUT2D eigenvalue weighted by molar-refractivity contribution is 5.94. The molecular weight excluding hydrogens is 252 g/mol. The Morgan fingerprint density at radius 3 is 3.00 bits per heavy atom. The van der Waals surface area contributed by atoms with Crippen LogP contribution in [0.1, 0.15) is 48.2 Å². The second-order valence-electron chi connectivity index (χ2n) is 5.04. The maximum absolute atomic E-state index is 12.2. The number of nitrogens with zero attached hydrogens (tertiary/aromatic N) is 1. The Balaban J connectivity index is 1.99. The molecular formula is C16H20N2O2. The number of hydrogen-bond donors (Lipinski definition) is 2. The van der Waals surface area contributed by atoms with Crippen LogP contribution in [0.15, 0.2) is 18.3 Å². The van der Waals surface area contributed by atoms with E-state index in [0.29, 0.717) is 23.6 Å². The number of hydrogen-bond acceptors (Lipinski definition) is 3. The van der Waals surface area contributed by atoms with E-state index in [2.05, 4.69) is 22.1 Å². The number of aliphatic hydroxyl groups is 1. The van der Waals surface area contributed by atoms with Crippen molar-refractivity contribution in [2.45, 2.75) is 32.1 Å². The number of carbonyl (C=O) groups is 1. The molecule has 2 N–H and O–H groups in total. The van der Waals surface area contributed by atoms with Gasteiger partial charge in [-0.3, -0.25) is 4.79 Å². The summed E-state index contributed by atoms with van der Waals surface area (Å²) in [5.74, 6) is 6.16. The summed E-state index contributed by atoms with van der Waals surface area (Å²) >= 11 is 0. The fraction of sp³-hybridized carbons (Fsp3) is 0.500. The average molecular weight is 272 g/mol. The predicted molar refractivity (Wildman–Crippen MR) is 77.1 cm³/mol. The highest BCUT2D eigenvalue weighted by atomic mass is 16.2. The van der Waals surface area contributed by atoms with Gasteiger partial charge >= 0.3 is 0 Å². The molecule has 106 valence electrons. The summed E-state index contributed by atoms with van der Waals surface area (Å²) in [7, 11) is 0. The van der Waals surface area contributed by atoms with Crippen LogP contribution in [0.5, 0.6) is 0 Å². The summed E-state index contributed by atoms with van der Waals surface area (Å²) in [6.45, 7) is 0.745. The summed E-state index contributed by atoms with van der Waals surface area (Å²) in [4.78, 5) is 16.3. The van der Waals surface area contributed by atoms with Crippen LogP contribution < -0.4 is 5.32 Å². The quantitative estimate of drug-likeness (QED) is 0.821. The van der Waals surface area contributed by atoms with Gasteiger partial charge in [0.15, 0.2) is 0 Å². The monoisotopic (exact) mass is 272 g/mol. The average Bonchev–Trinajstić information content (AvgIpc) is 2.99. The Morgan fingerprint density at radius 2 is 2.25 bits per heavy atom. The predicted octanol–water partition coefficient (Wildman–Crippen LogP) is 1.74. The molecule has 2 rings (SSSR count). The van der Waals surface area contributed by atoms with Gasteiger partial charge in [-0.05, 0) is 30.9 Å². The van der Waals surface area contributed by atoms with Crippen molar-refractivity contribution in [3.8, 4) is 11.8 Å². The molecule has 0 bridgehead atoms. The van der Waals surface area contributed by atoms with E-state index in [4.69, 9.17) is 5.11 Å². The second kappa shape index (κ2) is 7.66. The summed E-state index contributed by atoms with van der Waals surface area (Å²) in [5.41, 5.74) is 0.987. The molecule has 4 nitrogen and oxygen atoms in total. The molecule has 0 spiro atoms. The summed E-state index contributed by atoms with van der Waals surface area (Å²) in [6.07, 6.45) is 6.93. The molecule has 1 aromatic heterocycles. The minimum atomic E-state index is -0.161. The number of amides is 1. The number of carbonyl (C=O) groups excluding carboxylic acids is 1. The van der Waals surface area contributed by atoms with Crippen LogP contribution in [-0.2, 0) is 0 Å². The third-order valence-corrected chi connectivity index (χ3v) is 3.51. The molecule has 4 heteroatoms. The number of aromatic nitrogens is 1. The normalized spacial score (nSPS) is 14.7. The van der Waals surface area contributed by atoms with Crippen LogP contribution in [0.2, 0.25) is 0 Å². The minimum Gasteiger partial charge on any atom is -0.395 e. The number of nitrogens with one attached hydrogen (secondary N) is 1. The van der Waals surface area contributed by atoms with Gasteiger partial charge in [0.2, 0.25) is 0 Å². The lowest BCUT2D eigenvalue weighted by molar-refractivity contribution is 0.0942. The third-order valence-electron chi connectivity index (χ3n) is 3.51. The Hall–Kier alpha value is -1.86. The largest absolute Gasteiger partial charge is 0.395 e. The molecule has 0 aromatic carbocycles. The maximum atomic E-state index is 12.2.